The fourth-order valence-corrected chi connectivity index (χ4v) is 5.11. The molecule has 3 rings (SSSR count). The van der Waals surface area contributed by atoms with Crippen molar-refractivity contribution in [1.29, 1.82) is 0 Å². The Morgan fingerprint density at radius 2 is 1.56 bits per heavy atom. The van der Waals surface area contributed by atoms with Gasteiger partial charge < -0.3 is 19.5 Å². The third kappa shape index (κ3) is 6.25. The van der Waals surface area contributed by atoms with Crippen LogP contribution in [0.2, 0.25) is 0 Å². The van der Waals surface area contributed by atoms with Gasteiger partial charge in [0.2, 0.25) is 5.91 Å². The van der Waals surface area contributed by atoms with Gasteiger partial charge in [0.05, 0.1) is 31.9 Å². The molecule has 8 nitrogen and oxygen atoms in total. The first-order valence-electron chi connectivity index (χ1n) is 11.2. The second-order valence-corrected chi connectivity index (χ2v) is 9.61. The second kappa shape index (κ2) is 12.3. The molecule has 0 aliphatic rings. The number of rotatable bonds is 12. The molecule has 1 amide bonds. The Kier molecular flexibility index (Phi) is 9.13. The van der Waals surface area contributed by atoms with Crippen LogP contribution >= 0.6 is 0 Å². The van der Waals surface area contributed by atoms with Gasteiger partial charge in [-0.05, 0) is 48.7 Å². The lowest BCUT2D eigenvalue weighted by Gasteiger charge is -2.25. The van der Waals surface area contributed by atoms with Gasteiger partial charge in [0.25, 0.3) is 10.0 Å². The highest BCUT2D eigenvalue weighted by atomic mass is 32.2. The van der Waals surface area contributed by atoms with Crippen LogP contribution in [0.4, 0.5) is 10.1 Å². The molecular weight excluding hydrogens is 487 g/mol. The van der Waals surface area contributed by atoms with E-state index in [1.807, 2.05) is 24.3 Å². The lowest BCUT2D eigenvalue weighted by molar-refractivity contribution is -0.119. The maximum Gasteiger partial charge on any atom is 0.265 e. The number of anilines is 1. The Labute approximate surface area is 210 Å². The van der Waals surface area contributed by atoms with Gasteiger partial charge in [-0.2, -0.15) is 0 Å². The van der Waals surface area contributed by atoms with E-state index in [9.17, 15) is 17.6 Å². The number of amides is 1. The third-order valence-corrected chi connectivity index (χ3v) is 7.24. The van der Waals surface area contributed by atoms with Crippen LogP contribution in [0.1, 0.15) is 12.0 Å². The zero-order chi connectivity index (χ0) is 26.1. The molecule has 36 heavy (non-hydrogen) atoms. The first-order chi connectivity index (χ1) is 17.3. The van der Waals surface area contributed by atoms with Crippen LogP contribution in [0.3, 0.4) is 0 Å². The minimum Gasteiger partial charge on any atom is -0.496 e. The quantitative estimate of drug-likeness (QED) is 0.368. The molecule has 0 atom stereocenters. The maximum absolute atomic E-state index is 14.7. The largest absolute Gasteiger partial charge is 0.496 e. The van der Waals surface area contributed by atoms with E-state index >= 15 is 0 Å². The number of ether oxygens (including phenoxy) is 3. The molecule has 0 heterocycles. The highest BCUT2D eigenvalue weighted by Gasteiger charge is 2.30. The summed E-state index contributed by atoms with van der Waals surface area (Å²) in [7, 11) is 0.0654. The fourth-order valence-electron chi connectivity index (χ4n) is 3.66. The van der Waals surface area contributed by atoms with Crippen molar-refractivity contribution >= 4 is 21.6 Å². The molecule has 0 unspecified atom stereocenters. The minimum absolute atomic E-state index is 0.174. The molecule has 0 saturated heterocycles. The Hall–Kier alpha value is -3.79. The number of methoxy groups -OCH3 is 3. The molecular formula is C26H29FN2O6S. The third-order valence-electron chi connectivity index (χ3n) is 5.49. The number of carbonyl (C=O) groups is 1. The van der Waals surface area contributed by atoms with Gasteiger partial charge >= 0.3 is 0 Å². The predicted octanol–water partition coefficient (Wildman–Crippen LogP) is 3.80. The Balaban J connectivity index is 1.78. The highest BCUT2D eigenvalue weighted by Crippen LogP contribution is 2.32. The molecule has 0 aromatic heterocycles. The highest BCUT2D eigenvalue weighted by molar-refractivity contribution is 7.92. The lowest BCUT2D eigenvalue weighted by Crippen LogP contribution is -2.41. The van der Waals surface area contributed by atoms with E-state index in [1.165, 1.54) is 50.6 Å². The molecule has 0 radical (unpaired) electrons. The number of halogens is 1. The fraction of sp³-hybridized carbons (Fsp3) is 0.269. The monoisotopic (exact) mass is 516 g/mol. The van der Waals surface area contributed by atoms with Crippen molar-refractivity contribution in [3.05, 3.63) is 78.1 Å². The van der Waals surface area contributed by atoms with Gasteiger partial charge in [-0.3, -0.25) is 9.10 Å². The Bertz CT molecular complexity index is 1300. The van der Waals surface area contributed by atoms with Crippen LogP contribution < -0.4 is 23.8 Å². The van der Waals surface area contributed by atoms with Gasteiger partial charge in [0.1, 0.15) is 18.1 Å². The van der Waals surface area contributed by atoms with E-state index in [-0.39, 0.29) is 16.3 Å². The average molecular weight is 517 g/mol. The molecule has 0 saturated carbocycles. The summed E-state index contributed by atoms with van der Waals surface area (Å²) in [6.07, 6.45) is 1.26. The number of hydrogen-bond acceptors (Lipinski definition) is 6. The lowest BCUT2D eigenvalue weighted by atomic mass is 10.1. The van der Waals surface area contributed by atoms with E-state index in [1.54, 1.807) is 7.11 Å². The zero-order valence-electron chi connectivity index (χ0n) is 20.4. The Morgan fingerprint density at radius 1 is 0.889 bits per heavy atom. The normalized spacial score (nSPS) is 11.0. The number of hydrogen-bond donors (Lipinski definition) is 1. The summed E-state index contributed by atoms with van der Waals surface area (Å²) in [4.78, 5) is 12.6. The molecule has 10 heteroatoms. The number of aryl methyl sites for hydroxylation is 1. The average Bonchev–Trinajstić information content (AvgIpc) is 2.89. The Morgan fingerprint density at radius 3 is 2.25 bits per heavy atom. The molecule has 0 spiro atoms. The summed E-state index contributed by atoms with van der Waals surface area (Å²) >= 11 is 0. The molecule has 1 N–H and O–H groups in total. The molecule has 3 aromatic rings. The van der Waals surface area contributed by atoms with E-state index in [0.717, 1.165) is 21.7 Å². The topological polar surface area (TPSA) is 94.2 Å². The number of nitrogens with one attached hydrogen (secondary N) is 1. The smallest absolute Gasteiger partial charge is 0.265 e. The number of benzene rings is 3. The van der Waals surface area contributed by atoms with Gasteiger partial charge in [-0.25, -0.2) is 12.8 Å². The van der Waals surface area contributed by atoms with Crippen LogP contribution in [-0.2, 0) is 21.2 Å². The van der Waals surface area contributed by atoms with Crippen molar-refractivity contribution in [3.8, 4) is 17.2 Å². The number of nitrogens with zero attached hydrogens (tertiary/aromatic N) is 1. The molecule has 0 bridgehead atoms. The second-order valence-electron chi connectivity index (χ2n) is 7.75. The SMILES string of the molecule is COc1ccccc1CCCNC(=O)CN(c1ccccc1F)S(=O)(=O)c1ccc(OC)c(OC)c1. The molecule has 0 fully saturated rings. The molecule has 0 aliphatic heterocycles. The van der Waals surface area contributed by atoms with Crippen molar-refractivity contribution in [2.24, 2.45) is 0 Å². The summed E-state index contributed by atoms with van der Waals surface area (Å²) in [5.41, 5.74) is 0.759. The van der Waals surface area contributed by atoms with Crippen molar-refractivity contribution in [2.45, 2.75) is 17.7 Å². The van der Waals surface area contributed by atoms with E-state index in [4.69, 9.17) is 14.2 Å². The van der Waals surface area contributed by atoms with Crippen LogP contribution in [0, 0.1) is 5.82 Å². The summed E-state index contributed by atoms with van der Waals surface area (Å²) < 4.78 is 58.2. The van der Waals surface area contributed by atoms with Crippen LogP contribution in [-0.4, -0.2) is 48.7 Å². The number of carbonyl (C=O) groups excluding carboxylic acids is 1. The first kappa shape index (κ1) is 26.8. The van der Waals surface area contributed by atoms with Gasteiger partial charge in [-0.1, -0.05) is 30.3 Å². The summed E-state index contributed by atoms with van der Waals surface area (Å²) in [5, 5.41) is 2.72. The van der Waals surface area contributed by atoms with E-state index in [0.29, 0.717) is 25.1 Å². The molecule has 0 aliphatic carbocycles. The summed E-state index contributed by atoms with van der Waals surface area (Å²) in [6.45, 7) is -0.301. The van der Waals surface area contributed by atoms with E-state index < -0.39 is 28.3 Å². The molecule has 3 aromatic carbocycles. The zero-order valence-corrected chi connectivity index (χ0v) is 21.2. The first-order valence-corrected chi connectivity index (χ1v) is 12.6. The summed E-state index contributed by atoms with van der Waals surface area (Å²) in [6, 6.07) is 17.0. The van der Waals surface area contributed by atoms with Crippen LogP contribution in [0.15, 0.2) is 71.6 Å². The standard InChI is InChI=1S/C26H29FN2O6S/c1-33-23-13-7-4-9-19(23)10-8-16-28-26(30)18-29(22-12-6-5-11-21(22)27)36(31,32)20-14-15-24(34-2)25(17-20)35-3/h4-7,9,11-15,17H,8,10,16,18H2,1-3H3,(H,28,30). The van der Waals surface area contributed by atoms with Crippen molar-refractivity contribution < 1.29 is 31.8 Å². The van der Waals surface area contributed by atoms with Gasteiger partial charge in [0, 0.05) is 12.6 Å². The van der Waals surface area contributed by atoms with Crippen molar-refractivity contribution in [3.63, 3.8) is 0 Å². The number of sulfonamides is 1. The minimum atomic E-state index is -4.33. The van der Waals surface area contributed by atoms with Gasteiger partial charge in [0.15, 0.2) is 11.5 Å². The van der Waals surface area contributed by atoms with Crippen molar-refractivity contribution in [2.75, 3.05) is 38.7 Å². The van der Waals surface area contributed by atoms with Gasteiger partial charge in [-0.15, -0.1) is 0 Å². The number of para-hydroxylation sites is 2. The van der Waals surface area contributed by atoms with Crippen LogP contribution in [0.25, 0.3) is 0 Å². The maximum atomic E-state index is 14.7. The van der Waals surface area contributed by atoms with E-state index in [2.05, 4.69) is 5.32 Å². The van der Waals surface area contributed by atoms with Crippen LogP contribution in [0.5, 0.6) is 17.2 Å². The summed E-state index contributed by atoms with van der Waals surface area (Å²) in [5.74, 6) is -0.0574. The van der Waals surface area contributed by atoms with Crippen molar-refractivity contribution in [1.82, 2.24) is 5.32 Å². The molecule has 192 valence electrons. The predicted molar refractivity (Wildman–Crippen MR) is 135 cm³/mol.